The third kappa shape index (κ3) is 7.04. The van der Waals surface area contributed by atoms with Crippen molar-refractivity contribution in [3.8, 4) is 5.75 Å². The Morgan fingerprint density at radius 3 is 2.43 bits per heavy atom. The number of carbonyl (C=O) groups is 3. The average molecular weight is 477 g/mol. The second kappa shape index (κ2) is 11.6. The molecule has 1 atom stereocenters. The van der Waals surface area contributed by atoms with E-state index in [4.69, 9.17) is 11.5 Å². The number of Topliss-reactive ketones (excluding diaryl/α,β-unsaturated/α-hetero) is 1. The number of aromatic hydroxyl groups is 1. The number of carboxylic acid groups (broad SMARTS) is 1. The summed E-state index contributed by atoms with van der Waals surface area (Å²) in [5.74, 6) is -1.70. The van der Waals surface area contributed by atoms with Crippen molar-refractivity contribution in [2.45, 2.75) is 38.1 Å². The Bertz CT molecular complexity index is 1270. The number of nitrogens with one attached hydrogen (secondary N) is 1. The first-order valence-corrected chi connectivity index (χ1v) is 11.2. The van der Waals surface area contributed by atoms with E-state index in [0.29, 0.717) is 35.0 Å². The van der Waals surface area contributed by atoms with Crippen LogP contribution in [0.2, 0.25) is 0 Å². The highest BCUT2D eigenvalue weighted by Gasteiger charge is 2.22. The maximum absolute atomic E-state index is 12.5. The maximum atomic E-state index is 12.5. The average Bonchev–Trinajstić information content (AvgIpc) is 2.81. The minimum atomic E-state index is -1.10. The molecule has 0 saturated heterocycles. The lowest BCUT2D eigenvalue weighted by molar-refractivity contribution is -0.137. The lowest BCUT2D eigenvalue weighted by atomic mass is 9.97. The number of hydrogen-bond donors (Lipinski definition) is 5. The quantitative estimate of drug-likeness (QED) is 0.122. The summed E-state index contributed by atoms with van der Waals surface area (Å²) in [6.45, 7) is 0. The molecule has 9 heteroatoms. The van der Waals surface area contributed by atoms with Crippen molar-refractivity contribution >= 4 is 40.1 Å². The molecule has 3 rings (SSSR count). The topological polar surface area (TPSA) is 168 Å². The van der Waals surface area contributed by atoms with E-state index in [1.807, 2.05) is 12.1 Å². The highest BCUT2D eigenvalue weighted by Crippen LogP contribution is 2.34. The summed E-state index contributed by atoms with van der Waals surface area (Å²) in [7, 11) is 0. The van der Waals surface area contributed by atoms with Gasteiger partial charge in [-0.1, -0.05) is 48.5 Å². The molecule has 0 fully saturated rings. The van der Waals surface area contributed by atoms with Crippen LogP contribution in [-0.4, -0.2) is 33.8 Å². The van der Waals surface area contributed by atoms with Crippen LogP contribution in [0.15, 0.2) is 65.7 Å². The Kier molecular flexibility index (Phi) is 8.39. The van der Waals surface area contributed by atoms with E-state index >= 15 is 0 Å². The van der Waals surface area contributed by atoms with Gasteiger partial charge in [-0.15, -0.1) is 0 Å². The number of rotatable bonds is 11. The molecule has 0 aliphatic rings. The Morgan fingerprint density at radius 1 is 0.943 bits per heavy atom. The Hall–Kier alpha value is -4.40. The molecule has 0 aliphatic carbocycles. The van der Waals surface area contributed by atoms with E-state index in [1.165, 1.54) is 0 Å². The highest BCUT2D eigenvalue weighted by molar-refractivity contribution is 5.97. The van der Waals surface area contributed by atoms with Gasteiger partial charge in [0.25, 0.3) is 0 Å². The second-order valence-corrected chi connectivity index (χ2v) is 8.16. The van der Waals surface area contributed by atoms with E-state index in [9.17, 15) is 24.6 Å². The maximum Gasteiger partial charge on any atom is 0.305 e. The zero-order valence-electron chi connectivity index (χ0n) is 19.1. The number of nitrogens with zero attached hydrogens (tertiary/aromatic N) is 1. The molecule has 35 heavy (non-hydrogen) atoms. The van der Waals surface area contributed by atoms with Crippen molar-refractivity contribution in [2.24, 2.45) is 16.5 Å². The van der Waals surface area contributed by atoms with E-state index in [2.05, 4.69) is 10.3 Å². The van der Waals surface area contributed by atoms with Crippen LogP contribution in [0.1, 0.15) is 54.1 Å². The van der Waals surface area contributed by atoms with Gasteiger partial charge >= 0.3 is 5.97 Å². The van der Waals surface area contributed by atoms with Gasteiger partial charge in [-0.25, -0.2) is 4.99 Å². The lowest BCUT2D eigenvalue weighted by Crippen LogP contribution is -2.30. The number of amides is 1. The van der Waals surface area contributed by atoms with Gasteiger partial charge < -0.3 is 27.0 Å². The summed E-state index contributed by atoms with van der Waals surface area (Å²) in [5.41, 5.74) is 12.0. The van der Waals surface area contributed by atoms with Crippen molar-refractivity contribution in [3.63, 3.8) is 0 Å². The zero-order valence-corrected chi connectivity index (χ0v) is 19.1. The summed E-state index contributed by atoms with van der Waals surface area (Å²) >= 11 is 0. The molecule has 3 aromatic rings. The number of carbonyl (C=O) groups excluding carboxylic acids is 2. The standard InChI is InChI=1S/C26H28N4O5/c27-26(28)29-18-8-5-7-17(14-18)22(31)10-3-4-11-23(32)30-21(15-24(33)34)20-13-12-16-6-1-2-9-19(16)25(20)35/h1-2,5-9,12-14,21,35H,3-4,10-11,15H2,(H,30,32)(H,33,34)(H4,27,28,29). The van der Waals surface area contributed by atoms with Gasteiger partial charge in [0.15, 0.2) is 11.7 Å². The summed E-state index contributed by atoms with van der Waals surface area (Å²) in [6, 6.07) is 16.3. The Morgan fingerprint density at radius 2 is 1.69 bits per heavy atom. The molecule has 0 radical (unpaired) electrons. The number of hydrogen-bond acceptors (Lipinski definition) is 5. The van der Waals surface area contributed by atoms with Gasteiger partial charge in [-0.05, 0) is 30.4 Å². The van der Waals surface area contributed by atoms with Crippen LogP contribution in [0.4, 0.5) is 5.69 Å². The number of unbranched alkanes of at least 4 members (excludes halogenated alkanes) is 1. The number of phenolic OH excluding ortho intramolecular Hbond substituents is 1. The van der Waals surface area contributed by atoms with Crippen molar-refractivity contribution < 1.29 is 24.6 Å². The third-order valence-corrected chi connectivity index (χ3v) is 5.51. The van der Waals surface area contributed by atoms with E-state index in [-0.39, 0.29) is 42.7 Å². The van der Waals surface area contributed by atoms with Crippen molar-refractivity contribution in [3.05, 3.63) is 71.8 Å². The number of fused-ring (bicyclic) bond motifs is 1. The molecule has 182 valence electrons. The van der Waals surface area contributed by atoms with Gasteiger partial charge in [0.05, 0.1) is 18.2 Å². The summed E-state index contributed by atoms with van der Waals surface area (Å²) < 4.78 is 0. The second-order valence-electron chi connectivity index (χ2n) is 8.16. The minimum absolute atomic E-state index is 0.0526. The van der Waals surface area contributed by atoms with Gasteiger partial charge in [0.2, 0.25) is 5.91 Å². The molecule has 0 saturated carbocycles. The first kappa shape index (κ1) is 25.2. The zero-order chi connectivity index (χ0) is 25.4. The number of phenols is 1. The van der Waals surface area contributed by atoms with Crippen LogP contribution in [-0.2, 0) is 9.59 Å². The number of aliphatic imine (C=N–C) groups is 1. The van der Waals surface area contributed by atoms with Crippen molar-refractivity contribution in [1.29, 1.82) is 0 Å². The molecule has 0 bridgehead atoms. The molecule has 1 amide bonds. The SMILES string of the molecule is NC(N)=Nc1cccc(C(=O)CCCCC(=O)NC(CC(=O)O)c2ccc3ccccc3c2O)c1. The highest BCUT2D eigenvalue weighted by atomic mass is 16.4. The summed E-state index contributed by atoms with van der Waals surface area (Å²) in [6.07, 6.45) is 0.898. The molecular formula is C26H28N4O5. The largest absolute Gasteiger partial charge is 0.507 e. The number of nitrogens with two attached hydrogens (primary N) is 2. The van der Waals surface area contributed by atoms with Crippen LogP contribution >= 0.6 is 0 Å². The molecule has 0 aliphatic heterocycles. The predicted molar refractivity (Wildman–Crippen MR) is 133 cm³/mol. The fourth-order valence-corrected chi connectivity index (χ4v) is 3.85. The van der Waals surface area contributed by atoms with Crippen molar-refractivity contribution in [2.75, 3.05) is 0 Å². The lowest BCUT2D eigenvalue weighted by Gasteiger charge is -2.19. The van der Waals surface area contributed by atoms with E-state index in [1.54, 1.807) is 48.5 Å². The van der Waals surface area contributed by atoms with Gasteiger partial charge in [-0.2, -0.15) is 0 Å². The van der Waals surface area contributed by atoms with Gasteiger partial charge in [0, 0.05) is 29.4 Å². The van der Waals surface area contributed by atoms with E-state index in [0.717, 1.165) is 5.39 Å². The molecule has 1 unspecified atom stereocenters. The first-order valence-electron chi connectivity index (χ1n) is 11.2. The molecule has 7 N–H and O–H groups in total. The minimum Gasteiger partial charge on any atom is -0.507 e. The fourth-order valence-electron chi connectivity index (χ4n) is 3.85. The number of aliphatic carboxylic acids is 1. The first-order chi connectivity index (χ1) is 16.7. The fraction of sp³-hybridized carbons (Fsp3) is 0.231. The molecule has 0 spiro atoms. The van der Waals surface area contributed by atoms with Crippen LogP contribution in [0, 0.1) is 0 Å². The molecule has 0 aromatic heterocycles. The third-order valence-electron chi connectivity index (χ3n) is 5.51. The molecule has 3 aromatic carbocycles. The summed E-state index contributed by atoms with van der Waals surface area (Å²) in [5, 5.41) is 24.1. The van der Waals surface area contributed by atoms with Gasteiger partial charge in [0.1, 0.15) is 5.75 Å². The predicted octanol–water partition coefficient (Wildman–Crippen LogP) is 3.53. The van der Waals surface area contributed by atoms with Crippen molar-refractivity contribution in [1.82, 2.24) is 5.32 Å². The number of benzene rings is 3. The summed E-state index contributed by atoms with van der Waals surface area (Å²) in [4.78, 5) is 40.3. The van der Waals surface area contributed by atoms with Crippen LogP contribution in [0.3, 0.4) is 0 Å². The number of guanidine groups is 1. The van der Waals surface area contributed by atoms with Crippen LogP contribution < -0.4 is 16.8 Å². The smallest absolute Gasteiger partial charge is 0.305 e. The Labute approximate surface area is 202 Å². The molecule has 9 nitrogen and oxygen atoms in total. The Balaban J connectivity index is 1.57. The molecular weight excluding hydrogens is 448 g/mol. The van der Waals surface area contributed by atoms with Crippen LogP contribution in [0.5, 0.6) is 5.75 Å². The monoisotopic (exact) mass is 476 g/mol. The number of carboxylic acids is 1. The van der Waals surface area contributed by atoms with Crippen LogP contribution in [0.25, 0.3) is 10.8 Å². The number of ketones is 1. The van der Waals surface area contributed by atoms with Gasteiger partial charge in [-0.3, -0.25) is 14.4 Å². The molecule has 0 heterocycles. The van der Waals surface area contributed by atoms with E-state index < -0.39 is 12.0 Å². The normalized spacial score (nSPS) is 11.5.